The molecule has 1 amide bonds. The first kappa shape index (κ1) is 9.81. The van der Waals surface area contributed by atoms with Crippen molar-refractivity contribution in [2.45, 2.75) is 12.8 Å². The lowest BCUT2D eigenvalue weighted by Gasteiger charge is -2.26. The number of amides is 1. The van der Waals surface area contributed by atoms with Crippen LogP contribution in [0.2, 0.25) is 10.0 Å². The van der Waals surface area contributed by atoms with Crippen molar-refractivity contribution in [1.82, 2.24) is 0 Å². The third-order valence-electron chi connectivity index (χ3n) is 2.32. The number of rotatable bonds is 1. The lowest BCUT2D eigenvalue weighted by atomic mass is 10.0. The topological polar surface area (TPSA) is 20.3 Å². The van der Waals surface area contributed by atoms with Gasteiger partial charge in [-0.15, -0.1) is 0 Å². The maximum absolute atomic E-state index is 10.7. The van der Waals surface area contributed by atoms with Gasteiger partial charge in [0, 0.05) is 11.6 Å². The molecular formula is C10H8Cl2NO. The average molecular weight is 229 g/mol. The highest BCUT2D eigenvalue weighted by molar-refractivity contribution is 6.37. The van der Waals surface area contributed by atoms with Crippen LogP contribution in [0.15, 0.2) is 12.1 Å². The van der Waals surface area contributed by atoms with Gasteiger partial charge in [0.1, 0.15) is 0 Å². The fraction of sp³-hybridized carbons (Fsp3) is 0.300. The van der Waals surface area contributed by atoms with Crippen molar-refractivity contribution in [1.29, 1.82) is 0 Å². The molecule has 0 aromatic heterocycles. The molecule has 0 spiro atoms. The lowest BCUT2D eigenvalue weighted by Crippen LogP contribution is -2.27. The first-order valence-electron chi connectivity index (χ1n) is 4.35. The van der Waals surface area contributed by atoms with E-state index in [2.05, 4.69) is 0 Å². The number of fused-ring (bicyclic) bond motifs is 1. The fourth-order valence-corrected chi connectivity index (χ4v) is 2.38. The minimum atomic E-state index is 0.524. The number of hydrogen-bond acceptors (Lipinski definition) is 1. The first-order chi connectivity index (χ1) is 6.72. The van der Waals surface area contributed by atoms with Gasteiger partial charge >= 0.3 is 6.41 Å². The van der Waals surface area contributed by atoms with Crippen LogP contribution in [0, 0.1) is 0 Å². The van der Waals surface area contributed by atoms with Crippen LogP contribution in [-0.2, 0) is 11.2 Å². The van der Waals surface area contributed by atoms with Gasteiger partial charge in [-0.3, -0.25) is 4.79 Å². The zero-order valence-corrected chi connectivity index (χ0v) is 8.90. The van der Waals surface area contributed by atoms with E-state index in [-0.39, 0.29) is 0 Å². The lowest BCUT2D eigenvalue weighted by molar-refractivity contribution is 0.548. The molecule has 0 saturated heterocycles. The smallest absolute Gasteiger partial charge is 0.302 e. The summed E-state index contributed by atoms with van der Waals surface area (Å²) in [5.74, 6) is 0. The maximum Gasteiger partial charge on any atom is 0.316 e. The third kappa shape index (κ3) is 1.60. The Balaban J connectivity index is 2.56. The van der Waals surface area contributed by atoms with E-state index in [1.807, 2.05) is 12.5 Å². The highest BCUT2D eigenvalue weighted by atomic mass is 35.5. The van der Waals surface area contributed by atoms with Crippen molar-refractivity contribution in [2.24, 2.45) is 0 Å². The van der Waals surface area contributed by atoms with Gasteiger partial charge in [-0.1, -0.05) is 23.2 Å². The zero-order chi connectivity index (χ0) is 10.1. The van der Waals surface area contributed by atoms with Gasteiger partial charge < -0.3 is 4.90 Å². The summed E-state index contributed by atoms with van der Waals surface area (Å²) < 4.78 is 0. The molecule has 0 atom stereocenters. The van der Waals surface area contributed by atoms with Crippen LogP contribution in [0.3, 0.4) is 0 Å². The molecule has 0 N–H and O–H groups in total. The monoisotopic (exact) mass is 228 g/mol. The van der Waals surface area contributed by atoms with Gasteiger partial charge in [0.25, 0.3) is 0 Å². The van der Waals surface area contributed by atoms with Crippen molar-refractivity contribution >= 4 is 35.3 Å². The molecule has 0 saturated carbocycles. The number of carbonyl (C=O) groups excluding carboxylic acids is 1. The van der Waals surface area contributed by atoms with Crippen LogP contribution < -0.4 is 4.90 Å². The van der Waals surface area contributed by atoms with Crippen LogP contribution >= 0.6 is 23.2 Å². The predicted molar refractivity (Wildman–Crippen MR) is 57.8 cm³/mol. The average Bonchev–Trinajstić information content (AvgIpc) is 2.16. The molecule has 2 nitrogen and oxygen atoms in total. The SMILES string of the molecule is O=[C]N1CCCc2cc(Cl)cc(Cl)c21. The number of halogens is 2. The number of benzene rings is 1. The maximum atomic E-state index is 10.7. The van der Waals surface area contributed by atoms with Gasteiger partial charge in [-0.05, 0) is 30.5 Å². The van der Waals surface area contributed by atoms with Crippen LogP contribution in [-0.4, -0.2) is 13.0 Å². The summed E-state index contributed by atoms with van der Waals surface area (Å²) in [6, 6.07) is 3.50. The molecule has 1 heterocycles. The molecule has 0 unspecified atom stereocenters. The third-order valence-corrected chi connectivity index (χ3v) is 2.82. The normalized spacial score (nSPS) is 15.1. The molecule has 14 heavy (non-hydrogen) atoms. The summed E-state index contributed by atoms with van der Waals surface area (Å²) in [6.45, 7) is 0.678. The van der Waals surface area contributed by atoms with E-state index in [1.54, 1.807) is 6.07 Å². The minimum Gasteiger partial charge on any atom is -0.302 e. The highest BCUT2D eigenvalue weighted by Gasteiger charge is 2.20. The Hall–Kier alpha value is -0.730. The van der Waals surface area contributed by atoms with Crippen LogP contribution in [0.25, 0.3) is 0 Å². The van der Waals surface area contributed by atoms with E-state index >= 15 is 0 Å². The van der Waals surface area contributed by atoms with E-state index in [0.717, 1.165) is 24.1 Å². The number of nitrogens with zero attached hydrogens (tertiary/aromatic N) is 1. The summed E-state index contributed by atoms with van der Waals surface area (Å²) >= 11 is 11.9. The number of aryl methyl sites for hydroxylation is 1. The van der Waals surface area contributed by atoms with E-state index in [0.29, 0.717) is 16.6 Å². The van der Waals surface area contributed by atoms with Gasteiger partial charge in [0.15, 0.2) is 0 Å². The molecule has 73 valence electrons. The summed E-state index contributed by atoms with van der Waals surface area (Å²) in [6.07, 6.45) is 3.72. The quantitative estimate of drug-likeness (QED) is 0.725. The van der Waals surface area contributed by atoms with E-state index < -0.39 is 0 Å². The van der Waals surface area contributed by atoms with Crippen molar-refractivity contribution in [3.8, 4) is 0 Å². The van der Waals surface area contributed by atoms with E-state index in [1.165, 1.54) is 4.90 Å². The highest BCUT2D eigenvalue weighted by Crippen LogP contribution is 2.35. The molecule has 4 heteroatoms. The van der Waals surface area contributed by atoms with Crippen LogP contribution in [0.1, 0.15) is 12.0 Å². The second-order valence-corrected chi connectivity index (χ2v) is 4.09. The molecule has 1 aromatic carbocycles. The standard InChI is InChI=1S/C10H8Cl2NO/c11-8-4-7-2-1-3-13(6-14)10(7)9(12)5-8/h4-5H,1-3H2. The molecule has 1 radical (unpaired) electrons. The summed E-state index contributed by atoms with van der Waals surface area (Å²) in [4.78, 5) is 12.2. The van der Waals surface area contributed by atoms with Crippen molar-refractivity contribution in [3.63, 3.8) is 0 Å². The van der Waals surface area contributed by atoms with Gasteiger partial charge in [0.05, 0.1) is 10.7 Å². The van der Waals surface area contributed by atoms with Crippen LogP contribution in [0.4, 0.5) is 5.69 Å². The fourth-order valence-electron chi connectivity index (χ4n) is 1.74. The Bertz CT molecular complexity index is 379. The molecular weight excluding hydrogens is 221 g/mol. The Morgan fingerprint density at radius 2 is 2.14 bits per heavy atom. The molecule has 1 aromatic rings. The second kappa shape index (κ2) is 3.79. The van der Waals surface area contributed by atoms with E-state index in [9.17, 15) is 4.79 Å². The summed E-state index contributed by atoms with van der Waals surface area (Å²) in [5.41, 5.74) is 1.79. The number of hydrogen-bond donors (Lipinski definition) is 0. The molecule has 0 bridgehead atoms. The van der Waals surface area contributed by atoms with Gasteiger partial charge in [-0.2, -0.15) is 0 Å². The van der Waals surface area contributed by atoms with E-state index in [4.69, 9.17) is 23.2 Å². The zero-order valence-electron chi connectivity index (χ0n) is 7.39. The van der Waals surface area contributed by atoms with Crippen LogP contribution in [0.5, 0.6) is 0 Å². The Morgan fingerprint density at radius 3 is 2.86 bits per heavy atom. The van der Waals surface area contributed by atoms with Gasteiger partial charge in [0.2, 0.25) is 0 Å². The summed E-state index contributed by atoms with van der Waals surface area (Å²) in [7, 11) is 0. The minimum absolute atomic E-state index is 0.524. The first-order valence-corrected chi connectivity index (χ1v) is 5.11. The Kier molecular flexibility index (Phi) is 2.66. The molecule has 0 fully saturated rings. The molecule has 1 aliphatic heterocycles. The van der Waals surface area contributed by atoms with Crippen molar-refractivity contribution < 1.29 is 4.79 Å². The van der Waals surface area contributed by atoms with Crippen molar-refractivity contribution in [2.75, 3.05) is 11.4 Å². The summed E-state index contributed by atoms with van der Waals surface area (Å²) in [5, 5.41) is 1.14. The van der Waals surface area contributed by atoms with Gasteiger partial charge in [-0.25, -0.2) is 0 Å². The second-order valence-electron chi connectivity index (χ2n) is 3.24. The van der Waals surface area contributed by atoms with Crippen molar-refractivity contribution in [3.05, 3.63) is 27.7 Å². The predicted octanol–water partition coefficient (Wildman–Crippen LogP) is 2.81. The molecule has 2 rings (SSSR count). The molecule has 1 aliphatic rings. The Labute approximate surface area is 92.4 Å². The largest absolute Gasteiger partial charge is 0.316 e. The number of anilines is 1. The molecule has 0 aliphatic carbocycles. The Morgan fingerprint density at radius 1 is 1.36 bits per heavy atom.